The van der Waals surface area contributed by atoms with E-state index in [4.69, 9.17) is 4.74 Å². The van der Waals surface area contributed by atoms with Gasteiger partial charge < -0.3 is 14.9 Å². The molecule has 1 aromatic carbocycles. The van der Waals surface area contributed by atoms with Gasteiger partial charge in [-0.3, -0.25) is 0 Å². The molecule has 1 aromatic rings. The number of rotatable bonds is 10. The van der Waals surface area contributed by atoms with Crippen LogP contribution in [0.25, 0.3) is 0 Å². The maximum Gasteiger partial charge on any atom is 0.119 e. The van der Waals surface area contributed by atoms with Gasteiger partial charge in [0, 0.05) is 5.33 Å². The van der Waals surface area contributed by atoms with Crippen molar-refractivity contribution in [3.05, 3.63) is 29.8 Å². The van der Waals surface area contributed by atoms with Gasteiger partial charge in [0.15, 0.2) is 0 Å². The van der Waals surface area contributed by atoms with E-state index in [9.17, 15) is 10.2 Å². The normalized spacial score (nSPS) is 14.0. The first-order valence-electron chi connectivity index (χ1n) is 7.34. The fourth-order valence-electron chi connectivity index (χ4n) is 1.96. The molecule has 0 heterocycles. The van der Waals surface area contributed by atoms with Gasteiger partial charge in [-0.05, 0) is 24.1 Å². The summed E-state index contributed by atoms with van der Waals surface area (Å²) in [6, 6.07) is 7.27. The summed E-state index contributed by atoms with van der Waals surface area (Å²) in [4.78, 5) is 0. The number of halogens is 1. The second-order valence-electron chi connectivity index (χ2n) is 5.00. The van der Waals surface area contributed by atoms with Gasteiger partial charge in [0.25, 0.3) is 0 Å². The minimum Gasteiger partial charge on any atom is -0.494 e. The van der Waals surface area contributed by atoms with E-state index in [1.807, 2.05) is 12.1 Å². The molecule has 2 atom stereocenters. The lowest BCUT2D eigenvalue weighted by molar-refractivity contribution is 0.0342. The molecule has 0 aliphatic carbocycles. The van der Waals surface area contributed by atoms with Gasteiger partial charge in [-0.15, -0.1) is 0 Å². The van der Waals surface area contributed by atoms with Crippen molar-refractivity contribution < 1.29 is 14.9 Å². The molecule has 0 saturated heterocycles. The molecule has 0 aliphatic heterocycles. The molecular formula is C16H25BrO3. The lowest BCUT2D eigenvalue weighted by Crippen LogP contribution is -2.19. The van der Waals surface area contributed by atoms with E-state index in [-0.39, 0.29) is 0 Å². The number of alkyl halides is 1. The Kier molecular flexibility index (Phi) is 8.90. The number of benzene rings is 1. The molecule has 1 rings (SSSR count). The minimum atomic E-state index is -0.863. The van der Waals surface area contributed by atoms with Crippen molar-refractivity contribution in [2.24, 2.45) is 0 Å². The first kappa shape index (κ1) is 17.5. The van der Waals surface area contributed by atoms with E-state index in [1.54, 1.807) is 12.1 Å². The Morgan fingerprint density at radius 3 is 2.30 bits per heavy atom. The molecule has 0 fully saturated rings. The quantitative estimate of drug-likeness (QED) is 0.501. The van der Waals surface area contributed by atoms with Crippen LogP contribution in [0.5, 0.6) is 5.75 Å². The number of ether oxygens (including phenoxy) is 1. The second-order valence-corrected chi connectivity index (χ2v) is 5.65. The highest BCUT2D eigenvalue weighted by atomic mass is 79.9. The van der Waals surface area contributed by atoms with Crippen LogP contribution in [-0.2, 0) is 0 Å². The summed E-state index contributed by atoms with van der Waals surface area (Å²) in [5.74, 6) is 0.810. The number of aliphatic hydroxyl groups is 2. The largest absolute Gasteiger partial charge is 0.494 e. The summed E-state index contributed by atoms with van der Waals surface area (Å²) in [5, 5.41) is 19.8. The van der Waals surface area contributed by atoms with Gasteiger partial charge in [0.2, 0.25) is 0 Å². The Labute approximate surface area is 130 Å². The molecule has 20 heavy (non-hydrogen) atoms. The summed E-state index contributed by atoms with van der Waals surface area (Å²) < 4.78 is 5.65. The number of unbranched alkanes of at least 4 members (excludes halogenated alkanes) is 4. The molecular weight excluding hydrogens is 320 g/mol. The number of aliphatic hydroxyl groups excluding tert-OH is 2. The number of hydrogen-bond acceptors (Lipinski definition) is 3. The third-order valence-electron chi connectivity index (χ3n) is 3.26. The van der Waals surface area contributed by atoms with Crippen molar-refractivity contribution in [3.8, 4) is 5.75 Å². The zero-order valence-electron chi connectivity index (χ0n) is 12.1. The third kappa shape index (κ3) is 6.25. The highest BCUT2D eigenvalue weighted by molar-refractivity contribution is 9.09. The molecule has 114 valence electrons. The molecule has 3 nitrogen and oxygen atoms in total. The molecule has 0 bridgehead atoms. The second kappa shape index (κ2) is 10.2. The van der Waals surface area contributed by atoms with Crippen LogP contribution >= 0.6 is 15.9 Å². The van der Waals surface area contributed by atoms with Gasteiger partial charge >= 0.3 is 0 Å². The minimum absolute atomic E-state index is 0.351. The Morgan fingerprint density at radius 1 is 1.05 bits per heavy atom. The molecule has 2 unspecified atom stereocenters. The molecule has 0 saturated carbocycles. The standard InChI is InChI=1S/C16H25BrO3/c1-2-3-4-5-6-11-20-14-9-7-13(8-10-14)16(19)15(18)12-17/h7-10,15-16,18-19H,2-6,11-12H2,1H3. The maximum atomic E-state index is 9.86. The highest BCUT2D eigenvalue weighted by Gasteiger charge is 2.16. The van der Waals surface area contributed by atoms with Crippen molar-refractivity contribution in [2.75, 3.05) is 11.9 Å². The zero-order valence-corrected chi connectivity index (χ0v) is 13.7. The lowest BCUT2D eigenvalue weighted by atomic mass is 10.1. The van der Waals surface area contributed by atoms with E-state index in [0.717, 1.165) is 18.8 Å². The molecule has 4 heteroatoms. The summed E-state index contributed by atoms with van der Waals surface area (Å²) in [7, 11) is 0. The van der Waals surface area contributed by atoms with Crippen LogP contribution in [0.2, 0.25) is 0 Å². The zero-order chi connectivity index (χ0) is 14.8. The summed E-state index contributed by atoms with van der Waals surface area (Å²) in [6.45, 7) is 2.94. The van der Waals surface area contributed by atoms with E-state index >= 15 is 0 Å². The van der Waals surface area contributed by atoms with Crippen LogP contribution in [0.4, 0.5) is 0 Å². The van der Waals surface area contributed by atoms with Crippen molar-refractivity contribution in [2.45, 2.75) is 51.2 Å². The van der Waals surface area contributed by atoms with E-state index in [2.05, 4.69) is 22.9 Å². The Morgan fingerprint density at radius 2 is 1.70 bits per heavy atom. The molecule has 0 spiro atoms. The SMILES string of the molecule is CCCCCCCOc1ccc(C(O)C(O)CBr)cc1. The Bertz CT molecular complexity index is 353. The Balaban J connectivity index is 2.31. The molecule has 0 aromatic heterocycles. The first-order chi connectivity index (χ1) is 9.69. The maximum absolute atomic E-state index is 9.86. The van der Waals surface area contributed by atoms with E-state index < -0.39 is 12.2 Å². The summed E-state index contributed by atoms with van der Waals surface area (Å²) in [5.41, 5.74) is 0.701. The van der Waals surface area contributed by atoms with Gasteiger partial charge in [0.1, 0.15) is 11.9 Å². The predicted molar refractivity (Wildman–Crippen MR) is 85.5 cm³/mol. The monoisotopic (exact) mass is 344 g/mol. The highest BCUT2D eigenvalue weighted by Crippen LogP contribution is 2.21. The fraction of sp³-hybridized carbons (Fsp3) is 0.625. The third-order valence-corrected chi connectivity index (χ3v) is 3.92. The Hall–Kier alpha value is -0.580. The molecule has 0 amide bonds. The number of hydrogen-bond donors (Lipinski definition) is 2. The van der Waals surface area contributed by atoms with Gasteiger partial charge in [-0.25, -0.2) is 0 Å². The van der Waals surface area contributed by atoms with Crippen LogP contribution in [0.1, 0.15) is 50.7 Å². The van der Waals surface area contributed by atoms with Crippen molar-refractivity contribution in [1.29, 1.82) is 0 Å². The first-order valence-corrected chi connectivity index (χ1v) is 8.46. The summed E-state index contributed by atoms with van der Waals surface area (Å²) >= 11 is 3.15. The molecule has 2 N–H and O–H groups in total. The lowest BCUT2D eigenvalue weighted by Gasteiger charge is -2.16. The average Bonchev–Trinajstić information content (AvgIpc) is 2.50. The van der Waals surface area contributed by atoms with Gasteiger partial charge in [0.05, 0.1) is 12.7 Å². The van der Waals surface area contributed by atoms with Crippen LogP contribution in [0.15, 0.2) is 24.3 Å². The van der Waals surface area contributed by atoms with Gasteiger partial charge in [-0.2, -0.15) is 0 Å². The van der Waals surface area contributed by atoms with Crippen molar-refractivity contribution >= 4 is 15.9 Å². The van der Waals surface area contributed by atoms with Crippen LogP contribution in [-0.4, -0.2) is 28.3 Å². The fourth-order valence-corrected chi connectivity index (χ4v) is 2.32. The topological polar surface area (TPSA) is 49.7 Å². The predicted octanol–water partition coefficient (Wildman–Crippen LogP) is 3.83. The van der Waals surface area contributed by atoms with Crippen LogP contribution < -0.4 is 4.74 Å². The van der Waals surface area contributed by atoms with Crippen LogP contribution in [0, 0.1) is 0 Å². The smallest absolute Gasteiger partial charge is 0.119 e. The van der Waals surface area contributed by atoms with E-state index in [1.165, 1.54) is 25.7 Å². The summed E-state index contributed by atoms with van der Waals surface area (Å²) in [6.07, 6.45) is 4.45. The molecule has 0 aliphatic rings. The molecule has 0 radical (unpaired) electrons. The van der Waals surface area contributed by atoms with Crippen LogP contribution in [0.3, 0.4) is 0 Å². The van der Waals surface area contributed by atoms with Crippen molar-refractivity contribution in [1.82, 2.24) is 0 Å². The average molecular weight is 345 g/mol. The van der Waals surface area contributed by atoms with E-state index in [0.29, 0.717) is 10.9 Å². The van der Waals surface area contributed by atoms with Gasteiger partial charge in [-0.1, -0.05) is 60.7 Å². The van der Waals surface area contributed by atoms with Crippen molar-refractivity contribution in [3.63, 3.8) is 0 Å².